The molecule has 2 saturated carbocycles. The summed E-state index contributed by atoms with van der Waals surface area (Å²) in [6.07, 6.45) is 19.9. The van der Waals surface area contributed by atoms with Crippen LogP contribution in [-0.4, -0.2) is 24.0 Å². The Morgan fingerprint density at radius 2 is 1.62 bits per heavy atom. The number of nitrogens with one attached hydrogen (secondary N) is 2. The third kappa shape index (κ3) is 7.81. The van der Waals surface area contributed by atoms with Crippen LogP contribution in [0, 0.1) is 63.7 Å². The summed E-state index contributed by atoms with van der Waals surface area (Å²) < 4.78 is 0. The van der Waals surface area contributed by atoms with Crippen LogP contribution >= 0.6 is 11.6 Å². The van der Waals surface area contributed by atoms with Gasteiger partial charge in [-0.25, -0.2) is 0 Å². The molecule has 148 valence electrons. The maximum atomic E-state index is 11.8. The summed E-state index contributed by atoms with van der Waals surface area (Å²) in [5, 5.41) is 8.01. The Balaban J connectivity index is 0.000000437. The Morgan fingerprint density at radius 3 is 2.31 bits per heavy atom. The van der Waals surface area contributed by atoms with E-state index in [9.17, 15) is 4.79 Å². The van der Waals surface area contributed by atoms with Gasteiger partial charge in [-0.3, -0.25) is 9.78 Å². The van der Waals surface area contributed by atoms with Crippen molar-refractivity contribution in [1.82, 2.24) is 10.3 Å². The maximum absolute atomic E-state index is 11.8. The number of benzene rings is 1. The molecule has 0 bridgehead atoms. The van der Waals surface area contributed by atoms with Gasteiger partial charge in [-0.1, -0.05) is 11.6 Å². The van der Waals surface area contributed by atoms with E-state index in [1.807, 2.05) is 82.1 Å². The van der Waals surface area contributed by atoms with Gasteiger partial charge in [-0.05, 0) is 88.5 Å². The fraction of sp³-hybridized carbons (Fsp3) is 0.130. The van der Waals surface area contributed by atoms with E-state index < -0.39 is 0 Å². The standard InChI is InChI=1S/C18H17ClN3O.C5H5.Fe/c19-14-6-7-15-16(8-11-21-17(15)12-14)20-9-3-10-22-18(23)13-4-1-2-5-13;1-2-4-5-3-1;/h1-2,4-8,11-12H,3,9-10H2,(H,20,21)(H,22,23);1-5H;/q;;+2. The first-order valence-corrected chi connectivity index (χ1v) is 9.56. The zero-order valence-corrected chi connectivity index (χ0v) is 17.7. The third-order valence-electron chi connectivity index (χ3n) is 4.14. The van der Waals surface area contributed by atoms with Crippen LogP contribution in [0.2, 0.25) is 5.02 Å². The van der Waals surface area contributed by atoms with Crippen molar-refractivity contribution in [3.8, 4) is 0 Å². The predicted molar refractivity (Wildman–Crippen MR) is 115 cm³/mol. The van der Waals surface area contributed by atoms with E-state index in [1.54, 1.807) is 6.20 Å². The average molecular weight is 448 g/mol. The van der Waals surface area contributed by atoms with Crippen LogP contribution in [0.5, 0.6) is 0 Å². The molecule has 2 aliphatic carbocycles. The Hall–Kier alpha value is -1.29. The number of rotatable bonds is 6. The second-order valence-electron chi connectivity index (χ2n) is 6.19. The summed E-state index contributed by atoms with van der Waals surface area (Å²) in [4.78, 5) is 16.1. The fourth-order valence-electron chi connectivity index (χ4n) is 2.74. The molecule has 4 nitrogen and oxygen atoms in total. The number of carbonyl (C=O) groups is 1. The molecule has 10 radical (unpaired) electrons. The van der Waals surface area contributed by atoms with Crippen LogP contribution in [0.4, 0.5) is 5.69 Å². The Labute approximate surface area is 190 Å². The molecule has 2 aromatic rings. The van der Waals surface area contributed by atoms with Crippen molar-refractivity contribution >= 4 is 34.1 Å². The summed E-state index contributed by atoms with van der Waals surface area (Å²) in [5.74, 6) is 0.675. The molecule has 2 aliphatic rings. The minimum atomic E-state index is -0.0287. The SMILES string of the molecule is O=C(NCCCNc1ccnc2cc(Cl)ccc12)[C]1[CH][CH][CH][CH]1.[CH]1[CH][CH][CH][CH]1.[Fe+2]. The van der Waals surface area contributed by atoms with Gasteiger partial charge in [0, 0.05) is 35.4 Å². The van der Waals surface area contributed by atoms with E-state index in [2.05, 4.69) is 15.6 Å². The Kier molecular flexibility index (Phi) is 10.8. The number of carbonyl (C=O) groups excluding carboxylic acids is 1. The number of aromatic nitrogens is 1. The zero-order valence-electron chi connectivity index (χ0n) is 15.8. The number of halogens is 1. The van der Waals surface area contributed by atoms with E-state index in [-0.39, 0.29) is 23.0 Å². The van der Waals surface area contributed by atoms with Gasteiger partial charge in [0.15, 0.2) is 0 Å². The van der Waals surface area contributed by atoms with E-state index in [0.717, 1.165) is 29.6 Å². The van der Waals surface area contributed by atoms with Gasteiger partial charge in [-0.15, -0.1) is 0 Å². The van der Waals surface area contributed by atoms with Crippen LogP contribution < -0.4 is 10.6 Å². The van der Waals surface area contributed by atoms with Gasteiger partial charge in [0.2, 0.25) is 5.91 Å². The van der Waals surface area contributed by atoms with Gasteiger partial charge in [-0.2, -0.15) is 0 Å². The van der Waals surface area contributed by atoms with Gasteiger partial charge >= 0.3 is 17.1 Å². The minimum Gasteiger partial charge on any atom is -0.384 e. The molecular formula is C23H22ClFeN3O+2. The number of hydrogen-bond donors (Lipinski definition) is 2. The third-order valence-corrected chi connectivity index (χ3v) is 4.37. The van der Waals surface area contributed by atoms with Gasteiger partial charge in [0.1, 0.15) is 0 Å². The van der Waals surface area contributed by atoms with Crippen LogP contribution in [0.1, 0.15) is 6.42 Å². The van der Waals surface area contributed by atoms with Crippen LogP contribution in [0.25, 0.3) is 10.9 Å². The number of nitrogens with zero attached hydrogens (tertiary/aromatic N) is 1. The smallest absolute Gasteiger partial charge is 0.384 e. The molecule has 0 spiro atoms. The quantitative estimate of drug-likeness (QED) is 0.515. The van der Waals surface area contributed by atoms with E-state index >= 15 is 0 Å². The largest absolute Gasteiger partial charge is 2.00 e. The monoisotopic (exact) mass is 447 g/mol. The first-order valence-electron chi connectivity index (χ1n) is 9.19. The van der Waals surface area contributed by atoms with Crippen LogP contribution in [0.3, 0.4) is 0 Å². The van der Waals surface area contributed by atoms with Gasteiger partial charge < -0.3 is 10.6 Å². The molecule has 0 atom stereocenters. The molecule has 1 heterocycles. The summed E-state index contributed by atoms with van der Waals surface area (Å²) in [5.41, 5.74) is 1.89. The summed E-state index contributed by atoms with van der Waals surface area (Å²) in [6.45, 7) is 1.40. The molecule has 1 aromatic heterocycles. The molecule has 2 fully saturated rings. The zero-order chi connectivity index (χ0) is 19.6. The van der Waals surface area contributed by atoms with Crippen molar-refractivity contribution in [2.24, 2.45) is 0 Å². The van der Waals surface area contributed by atoms with E-state index in [0.29, 0.717) is 17.5 Å². The second kappa shape index (κ2) is 13.1. The summed E-state index contributed by atoms with van der Waals surface area (Å²) >= 11 is 5.99. The molecule has 0 unspecified atom stereocenters. The molecule has 1 amide bonds. The van der Waals surface area contributed by atoms with Crippen molar-refractivity contribution in [2.45, 2.75) is 6.42 Å². The first-order chi connectivity index (χ1) is 13.7. The fourth-order valence-corrected chi connectivity index (χ4v) is 2.90. The van der Waals surface area contributed by atoms with E-state index in [1.165, 1.54) is 0 Å². The van der Waals surface area contributed by atoms with Gasteiger partial charge in [0.05, 0.1) is 11.4 Å². The minimum absolute atomic E-state index is 0. The molecule has 4 rings (SSSR count). The normalized spacial score (nSPS) is 16.0. The number of anilines is 1. The van der Waals surface area contributed by atoms with Gasteiger partial charge in [0.25, 0.3) is 0 Å². The molecule has 0 aliphatic heterocycles. The predicted octanol–water partition coefficient (Wildman–Crippen LogP) is 4.23. The molecular weight excluding hydrogens is 426 g/mol. The van der Waals surface area contributed by atoms with Crippen molar-refractivity contribution in [3.63, 3.8) is 0 Å². The molecule has 29 heavy (non-hydrogen) atoms. The van der Waals surface area contributed by atoms with Crippen LogP contribution in [-0.2, 0) is 21.9 Å². The first kappa shape index (κ1) is 24.0. The van der Waals surface area contributed by atoms with Crippen LogP contribution in [0.15, 0.2) is 30.5 Å². The molecule has 6 heteroatoms. The summed E-state index contributed by atoms with van der Waals surface area (Å²) in [7, 11) is 0. The van der Waals surface area contributed by atoms with E-state index in [4.69, 9.17) is 11.6 Å². The molecule has 1 aromatic carbocycles. The maximum Gasteiger partial charge on any atom is 2.00 e. The topological polar surface area (TPSA) is 54.0 Å². The average Bonchev–Trinajstić information content (AvgIpc) is 3.43. The Morgan fingerprint density at radius 1 is 0.931 bits per heavy atom. The molecule has 2 N–H and O–H groups in total. The Bertz CT molecular complexity index is 753. The molecule has 0 saturated heterocycles. The second-order valence-corrected chi connectivity index (χ2v) is 6.63. The van der Waals surface area contributed by atoms with Crippen molar-refractivity contribution in [1.29, 1.82) is 0 Å². The number of amides is 1. The number of pyridine rings is 1. The van der Waals surface area contributed by atoms with Crippen molar-refractivity contribution in [2.75, 3.05) is 18.4 Å². The number of hydrogen-bond acceptors (Lipinski definition) is 3. The van der Waals surface area contributed by atoms with Crippen molar-refractivity contribution < 1.29 is 21.9 Å². The summed E-state index contributed by atoms with van der Waals surface area (Å²) in [6, 6.07) is 7.61. The van der Waals surface area contributed by atoms with Crippen molar-refractivity contribution in [3.05, 3.63) is 99.2 Å². The number of fused-ring (bicyclic) bond motifs is 1.